The van der Waals surface area contributed by atoms with Crippen LogP contribution in [0, 0.1) is 6.92 Å². The summed E-state index contributed by atoms with van der Waals surface area (Å²) in [5, 5.41) is 4.30. The molecule has 1 N–H and O–H groups in total. The first-order chi connectivity index (χ1) is 14.1. The summed E-state index contributed by atoms with van der Waals surface area (Å²) in [5.41, 5.74) is 3.05. The highest BCUT2D eigenvalue weighted by Crippen LogP contribution is 2.25. The number of pyridine rings is 1. The fourth-order valence-corrected chi connectivity index (χ4v) is 3.77. The van der Waals surface area contributed by atoms with Crippen molar-refractivity contribution in [1.82, 2.24) is 19.6 Å². The summed E-state index contributed by atoms with van der Waals surface area (Å²) in [6, 6.07) is 19.2. The molecule has 0 amide bonds. The normalized spacial score (nSPS) is 11.4. The van der Waals surface area contributed by atoms with Crippen LogP contribution in [0.5, 0.6) is 0 Å². The van der Waals surface area contributed by atoms with Crippen molar-refractivity contribution in [2.24, 2.45) is 0 Å². The van der Waals surface area contributed by atoms with E-state index in [1.165, 1.54) is 0 Å². The molecule has 0 aliphatic carbocycles. The summed E-state index contributed by atoms with van der Waals surface area (Å²) in [6.45, 7) is 2.34. The lowest BCUT2D eigenvalue weighted by Gasteiger charge is -2.09. The highest BCUT2D eigenvalue weighted by molar-refractivity contribution is 6.30. The summed E-state index contributed by atoms with van der Waals surface area (Å²) >= 11 is 6.25. The molecule has 0 fully saturated rings. The Hall–Kier alpha value is -3.51. The van der Waals surface area contributed by atoms with E-state index in [1.807, 2.05) is 67.6 Å². The van der Waals surface area contributed by atoms with Crippen molar-refractivity contribution in [3.63, 3.8) is 0 Å². The maximum absolute atomic E-state index is 13.5. The molecular formula is C22H17ClN5O+. The monoisotopic (exact) mass is 402 g/mol. The van der Waals surface area contributed by atoms with Crippen molar-refractivity contribution >= 4 is 28.3 Å². The second-order valence-electron chi connectivity index (χ2n) is 6.91. The summed E-state index contributed by atoms with van der Waals surface area (Å²) < 4.78 is 3.45. The average Bonchev–Trinajstić information content (AvgIpc) is 3.09. The maximum Gasteiger partial charge on any atom is 0.458 e. The molecule has 29 heavy (non-hydrogen) atoms. The minimum absolute atomic E-state index is 0.115. The number of benzene rings is 2. The molecular weight excluding hydrogens is 386 g/mol. The van der Waals surface area contributed by atoms with Gasteiger partial charge < -0.3 is 4.57 Å². The predicted molar refractivity (Wildman–Crippen MR) is 112 cm³/mol. The molecule has 6 nitrogen and oxygen atoms in total. The van der Waals surface area contributed by atoms with Crippen LogP contribution in [0.1, 0.15) is 11.4 Å². The van der Waals surface area contributed by atoms with Gasteiger partial charge in [0.15, 0.2) is 11.2 Å². The van der Waals surface area contributed by atoms with Gasteiger partial charge in [-0.2, -0.15) is 0 Å². The Morgan fingerprint density at radius 2 is 1.90 bits per heavy atom. The zero-order valence-electron chi connectivity index (χ0n) is 15.6. The smallest absolute Gasteiger partial charge is 0.310 e. The molecule has 5 rings (SSSR count). The minimum atomic E-state index is -0.115. The van der Waals surface area contributed by atoms with Crippen LogP contribution in [-0.2, 0) is 6.54 Å². The number of rotatable bonds is 3. The third-order valence-corrected chi connectivity index (χ3v) is 5.09. The van der Waals surface area contributed by atoms with Crippen molar-refractivity contribution in [1.29, 1.82) is 0 Å². The van der Waals surface area contributed by atoms with Crippen LogP contribution in [0.15, 0.2) is 71.7 Å². The van der Waals surface area contributed by atoms with E-state index >= 15 is 0 Å². The predicted octanol–water partition coefficient (Wildman–Crippen LogP) is 3.54. The molecule has 0 aliphatic heterocycles. The van der Waals surface area contributed by atoms with Gasteiger partial charge in [-0.25, -0.2) is 5.10 Å². The first-order valence-corrected chi connectivity index (χ1v) is 9.59. The fraction of sp³-hybridized carbons (Fsp3) is 0.0909. The standard InChI is InChI=1S/C22H16ClN5O/c1-14-24-22-25-18-10-11-27(13-15-6-3-2-4-7-15)21(29)19(18)20(28(22)26-14)16-8-5-9-17(23)12-16/h2-12H,13H2,1H3/p+1. The van der Waals surface area contributed by atoms with Crippen molar-refractivity contribution in [3.05, 3.63) is 93.6 Å². The van der Waals surface area contributed by atoms with Gasteiger partial charge in [-0.3, -0.25) is 4.79 Å². The van der Waals surface area contributed by atoms with Gasteiger partial charge in [0, 0.05) is 23.7 Å². The Morgan fingerprint density at radius 1 is 1.07 bits per heavy atom. The third kappa shape index (κ3) is 3.07. The number of hydrogen-bond acceptors (Lipinski definition) is 3. The van der Waals surface area contributed by atoms with Crippen molar-refractivity contribution in [2.45, 2.75) is 13.5 Å². The quantitative estimate of drug-likeness (QED) is 0.469. The van der Waals surface area contributed by atoms with Gasteiger partial charge >= 0.3 is 5.78 Å². The van der Waals surface area contributed by atoms with Crippen LogP contribution in [0.25, 0.3) is 27.9 Å². The lowest BCUT2D eigenvalue weighted by molar-refractivity contribution is -0.567. The minimum Gasteiger partial charge on any atom is -0.310 e. The van der Waals surface area contributed by atoms with E-state index in [4.69, 9.17) is 11.6 Å². The fourth-order valence-electron chi connectivity index (χ4n) is 3.58. The Balaban J connectivity index is 1.84. The summed E-state index contributed by atoms with van der Waals surface area (Å²) in [5.74, 6) is 1.21. The number of H-pyrrole nitrogens is 1. The number of hydrogen-bond donors (Lipinski definition) is 1. The largest absolute Gasteiger partial charge is 0.458 e. The number of aromatic nitrogens is 5. The van der Waals surface area contributed by atoms with Gasteiger partial charge in [0.2, 0.25) is 5.82 Å². The van der Waals surface area contributed by atoms with E-state index in [0.29, 0.717) is 39.8 Å². The molecule has 0 aliphatic rings. The van der Waals surface area contributed by atoms with Crippen LogP contribution < -0.4 is 10.1 Å². The summed E-state index contributed by atoms with van der Waals surface area (Å²) in [7, 11) is 0. The zero-order chi connectivity index (χ0) is 20.0. The molecule has 142 valence electrons. The molecule has 0 saturated heterocycles. The third-order valence-electron chi connectivity index (χ3n) is 4.86. The highest BCUT2D eigenvalue weighted by Gasteiger charge is 2.24. The van der Waals surface area contributed by atoms with Gasteiger partial charge in [0.1, 0.15) is 5.39 Å². The van der Waals surface area contributed by atoms with Gasteiger partial charge in [-0.05, 0) is 23.8 Å². The molecule has 3 heterocycles. The van der Waals surface area contributed by atoms with E-state index < -0.39 is 0 Å². The lowest BCUT2D eigenvalue weighted by atomic mass is 10.1. The molecule has 0 bridgehead atoms. The van der Waals surface area contributed by atoms with Gasteiger partial charge in [-0.15, -0.1) is 4.52 Å². The molecule has 0 unspecified atom stereocenters. The first kappa shape index (κ1) is 17.6. The van der Waals surface area contributed by atoms with Crippen LogP contribution in [0.2, 0.25) is 5.02 Å². The number of aryl methyl sites for hydroxylation is 1. The second kappa shape index (κ2) is 6.83. The van der Waals surface area contributed by atoms with E-state index in [9.17, 15) is 4.79 Å². The molecule has 0 atom stereocenters. The number of fused-ring (bicyclic) bond motifs is 2. The molecule has 0 saturated carbocycles. The summed E-state index contributed by atoms with van der Waals surface area (Å²) in [6.07, 6.45) is 1.78. The first-order valence-electron chi connectivity index (χ1n) is 9.21. The molecule has 0 spiro atoms. The Kier molecular flexibility index (Phi) is 4.14. The van der Waals surface area contributed by atoms with Gasteiger partial charge in [0.05, 0.1) is 6.54 Å². The van der Waals surface area contributed by atoms with E-state index in [2.05, 4.69) is 15.1 Å². The van der Waals surface area contributed by atoms with E-state index in [-0.39, 0.29) is 5.56 Å². The zero-order valence-corrected chi connectivity index (χ0v) is 16.4. The topological polar surface area (TPSA) is 67.7 Å². The Labute approximate surface area is 171 Å². The highest BCUT2D eigenvalue weighted by atomic mass is 35.5. The number of aromatic amines is 1. The Bertz CT molecular complexity index is 1420. The SMILES string of the molecule is Cc1nc2nc3ccn(Cc4ccccc4)c(=O)c3c(-c3cccc(Cl)c3)[n+]2[nH]1. The van der Waals surface area contributed by atoms with E-state index in [0.717, 1.165) is 11.1 Å². The van der Waals surface area contributed by atoms with Crippen LogP contribution >= 0.6 is 11.6 Å². The molecule has 0 radical (unpaired) electrons. The lowest BCUT2D eigenvalue weighted by Crippen LogP contribution is -2.32. The summed E-state index contributed by atoms with van der Waals surface area (Å²) in [4.78, 5) is 22.5. The number of nitrogens with one attached hydrogen (secondary N) is 1. The maximum atomic E-state index is 13.5. The average molecular weight is 403 g/mol. The number of halogens is 1. The molecule has 7 heteroatoms. The van der Waals surface area contributed by atoms with Crippen molar-refractivity contribution in [2.75, 3.05) is 0 Å². The number of nitrogens with zero attached hydrogens (tertiary/aromatic N) is 4. The second-order valence-corrected chi connectivity index (χ2v) is 7.35. The molecule has 5 aromatic rings. The van der Waals surface area contributed by atoms with Gasteiger partial charge in [-0.1, -0.05) is 64.0 Å². The van der Waals surface area contributed by atoms with Crippen molar-refractivity contribution in [3.8, 4) is 11.3 Å². The molecule has 3 aromatic heterocycles. The molecule has 2 aromatic carbocycles. The van der Waals surface area contributed by atoms with Crippen LogP contribution in [0.4, 0.5) is 0 Å². The van der Waals surface area contributed by atoms with Crippen molar-refractivity contribution < 1.29 is 4.52 Å². The van der Waals surface area contributed by atoms with Crippen LogP contribution in [0.3, 0.4) is 0 Å². The van der Waals surface area contributed by atoms with E-state index in [1.54, 1.807) is 15.3 Å². The van der Waals surface area contributed by atoms with Crippen LogP contribution in [-0.4, -0.2) is 19.6 Å². The Morgan fingerprint density at radius 3 is 2.69 bits per heavy atom. The van der Waals surface area contributed by atoms with Gasteiger partial charge in [0.25, 0.3) is 5.56 Å².